The summed E-state index contributed by atoms with van der Waals surface area (Å²) in [5.74, 6) is 1.84. The number of benzene rings is 8. The highest BCUT2D eigenvalue weighted by molar-refractivity contribution is 6.18. The quantitative estimate of drug-likeness (QED) is 0.186. The lowest BCUT2D eigenvalue weighted by Gasteiger charge is -2.11. The molecule has 0 unspecified atom stereocenters. The molecule has 0 N–H and O–H groups in total. The van der Waals surface area contributed by atoms with Crippen LogP contribution in [0.1, 0.15) is 0 Å². The van der Waals surface area contributed by atoms with Gasteiger partial charge in [-0.3, -0.25) is 0 Å². The molecule has 0 fully saturated rings. The Morgan fingerprint density at radius 1 is 0.294 bits per heavy atom. The van der Waals surface area contributed by atoms with Gasteiger partial charge in [-0.15, -0.1) is 0 Å². The summed E-state index contributed by atoms with van der Waals surface area (Å²) in [4.78, 5) is 15.5. The second-order valence-electron chi connectivity index (χ2n) is 12.8. The average molecular weight is 652 g/mol. The summed E-state index contributed by atoms with van der Waals surface area (Å²) < 4.78 is 6.77. The van der Waals surface area contributed by atoms with Crippen molar-refractivity contribution >= 4 is 43.5 Å². The van der Waals surface area contributed by atoms with Crippen molar-refractivity contribution in [1.82, 2.24) is 15.0 Å². The van der Waals surface area contributed by atoms with Gasteiger partial charge in [0.1, 0.15) is 11.2 Å². The van der Waals surface area contributed by atoms with Crippen molar-refractivity contribution in [3.63, 3.8) is 0 Å². The standard InChI is InChI=1S/C47H29N3O/c1-3-12-30(13-4-1)35-19-11-20-36(26-35)45-48-46(37-23-22-31-14-7-8-18-34(31)27-37)50-47(49-45)38-28-41(32-15-5-2-6-16-32)44-42(29-38)40-25-24-33-17-9-10-21-39(33)43(40)51-44/h1-29H. The van der Waals surface area contributed by atoms with Gasteiger partial charge in [-0.2, -0.15) is 0 Å². The van der Waals surface area contributed by atoms with Gasteiger partial charge in [-0.1, -0.05) is 146 Å². The molecule has 0 bridgehead atoms. The van der Waals surface area contributed by atoms with Gasteiger partial charge in [0.2, 0.25) is 0 Å². The lowest BCUT2D eigenvalue weighted by molar-refractivity contribution is 0.674. The van der Waals surface area contributed by atoms with Crippen molar-refractivity contribution in [2.45, 2.75) is 0 Å². The van der Waals surface area contributed by atoms with Crippen LogP contribution in [0.4, 0.5) is 0 Å². The zero-order valence-corrected chi connectivity index (χ0v) is 27.5. The summed E-state index contributed by atoms with van der Waals surface area (Å²) in [7, 11) is 0. The molecule has 0 aliphatic heterocycles. The summed E-state index contributed by atoms with van der Waals surface area (Å²) in [6.07, 6.45) is 0. The van der Waals surface area contributed by atoms with E-state index in [9.17, 15) is 0 Å². The first-order valence-electron chi connectivity index (χ1n) is 17.1. The summed E-state index contributed by atoms with van der Waals surface area (Å²) in [6, 6.07) is 61.0. The van der Waals surface area contributed by atoms with Crippen LogP contribution >= 0.6 is 0 Å². The highest BCUT2D eigenvalue weighted by atomic mass is 16.3. The van der Waals surface area contributed by atoms with Gasteiger partial charge in [-0.25, -0.2) is 15.0 Å². The zero-order valence-electron chi connectivity index (χ0n) is 27.5. The molecule has 0 amide bonds. The minimum Gasteiger partial charge on any atom is -0.455 e. The van der Waals surface area contributed by atoms with Crippen molar-refractivity contribution in [3.05, 3.63) is 176 Å². The van der Waals surface area contributed by atoms with E-state index >= 15 is 0 Å². The van der Waals surface area contributed by atoms with Crippen LogP contribution in [0.2, 0.25) is 0 Å². The molecule has 0 aliphatic carbocycles. The highest BCUT2D eigenvalue weighted by Crippen LogP contribution is 2.41. The second kappa shape index (κ2) is 11.9. The molecule has 10 aromatic rings. The third-order valence-corrected chi connectivity index (χ3v) is 9.68. The van der Waals surface area contributed by atoms with E-state index in [2.05, 4.69) is 164 Å². The third-order valence-electron chi connectivity index (χ3n) is 9.68. The molecule has 4 heteroatoms. The molecule has 0 saturated heterocycles. The van der Waals surface area contributed by atoms with E-state index < -0.39 is 0 Å². The van der Waals surface area contributed by atoms with Crippen LogP contribution in [-0.2, 0) is 0 Å². The van der Waals surface area contributed by atoms with Gasteiger partial charge in [0.15, 0.2) is 17.5 Å². The highest BCUT2D eigenvalue weighted by Gasteiger charge is 2.20. The Labute approximate surface area is 294 Å². The first kappa shape index (κ1) is 29.0. The van der Waals surface area contributed by atoms with Crippen LogP contribution in [-0.4, -0.2) is 15.0 Å². The van der Waals surface area contributed by atoms with Crippen molar-refractivity contribution in [2.24, 2.45) is 0 Å². The predicted octanol–water partition coefficient (Wildman–Crippen LogP) is 12.4. The fourth-order valence-electron chi connectivity index (χ4n) is 7.13. The number of nitrogens with zero attached hydrogens (tertiary/aromatic N) is 3. The number of aromatic nitrogens is 3. The van der Waals surface area contributed by atoms with Crippen LogP contribution in [0.15, 0.2) is 180 Å². The van der Waals surface area contributed by atoms with Gasteiger partial charge >= 0.3 is 0 Å². The third kappa shape index (κ3) is 5.13. The van der Waals surface area contributed by atoms with Crippen molar-refractivity contribution in [1.29, 1.82) is 0 Å². The number of furan rings is 1. The molecular weight excluding hydrogens is 623 g/mol. The van der Waals surface area contributed by atoms with Gasteiger partial charge in [0, 0.05) is 38.4 Å². The Morgan fingerprint density at radius 2 is 0.882 bits per heavy atom. The topological polar surface area (TPSA) is 51.8 Å². The number of hydrogen-bond donors (Lipinski definition) is 0. The predicted molar refractivity (Wildman–Crippen MR) is 209 cm³/mol. The summed E-state index contributed by atoms with van der Waals surface area (Å²) >= 11 is 0. The van der Waals surface area contributed by atoms with E-state index in [1.54, 1.807) is 0 Å². The first-order chi connectivity index (χ1) is 25.2. The van der Waals surface area contributed by atoms with Crippen LogP contribution in [0.5, 0.6) is 0 Å². The summed E-state index contributed by atoms with van der Waals surface area (Å²) in [5.41, 5.74) is 8.76. The molecule has 10 rings (SSSR count). The number of hydrogen-bond acceptors (Lipinski definition) is 4. The van der Waals surface area contributed by atoms with E-state index in [4.69, 9.17) is 19.4 Å². The summed E-state index contributed by atoms with van der Waals surface area (Å²) in [5, 5.41) is 6.62. The molecule has 238 valence electrons. The van der Waals surface area contributed by atoms with Crippen LogP contribution in [0.3, 0.4) is 0 Å². The lowest BCUT2D eigenvalue weighted by Crippen LogP contribution is -2.00. The normalized spacial score (nSPS) is 11.5. The van der Waals surface area contributed by atoms with E-state index in [1.165, 1.54) is 5.39 Å². The Hall–Kier alpha value is -6.91. The first-order valence-corrected chi connectivity index (χ1v) is 17.1. The molecule has 8 aromatic carbocycles. The van der Waals surface area contributed by atoms with Gasteiger partial charge in [0.05, 0.1) is 0 Å². The van der Waals surface area contributed by atoms with Crippen LogP contribution in [0.25, 0.3) is 99.9 Å². The molecule has 4 nitrogen and oxygen atoms in total. The van der Waals surface area contributed by atoms with Gasteiger partial charge in [0.25, 0.3) is 0 Å². The Morgan fingerprint density at radius 3 is 1.67 bits per heavy atom. The minimum atomic E-state index is 0.600. The van der Waals surface area contributed by atoms with Gasteiger partial charge in [-0.05, 0) is 63.2 Å². The maximum absolute atomic E-state index is 6.77. The zero-order chi connectivity index (χ0) is 33.7. The molecule has 2 heterocycles. The Kier molecular flexibility index (Phi) is 6.78. The molecular formula is C47H29N3O. The number of rotatable bonds is 5. The fourth-order valence-corrected chi connectivity index (χ4v) is 7.13. The average Bonchev–Trinajstić information content (AvgIpc) is 3.60. The van der Waals surface area contributed by atoms with Gasteiger partial charge < -0.3 is 4.42 Å². The minimum absolute atomic E-state index is 0.600. The molecule has 2 aromatic heterocycles. The lowest BCUT2D eigenvalue weighted by atomic mass is 9.98. The van der Waals surface area contributed by atoms with E-state index in [0.29, 0.717) is 17.5 Å². The smallest absolute Gasteiger partial charge is 0.164 e. The van der Waals surface area contributed by atoms with Crippen molar-refractivity contribution in [2.75, 3.05) is 0 Å². The molecule has 0 saturated carbocycles. The van der Waals surface area contributed by atoms with Crippen molar-refractivity contribution in [3.8, 4) is 56.4 Å². The maximum atomic E-state index is 6.77. The SMILES string of the molecule is c1ccc(-c2cccc(-c3nc(-c4ccc5ccccc5c4)nc(-c4cc(-c5ccccc5)c5oc6c7ccccc7ccc6c5c4)n3)c2)cc1. The second-order valence-corrected chi connectivity index (χ2v) is 12.8. The largest absolute Gasteiger partial charge is 0.455 e. The van der Waals surface area contributed by atoms with E-state index in [-0.39, 0.29) is 0 Å². The molecule has 0 atom stereocenters. The van der Waals surface area contributed by atoms with Crippen LogP contribution in [0, 0.1) is 0 Å². The molecule has 0 radical (unpaired) electrons. The summed E-state index contributed by atoms with van der Waals surface area (Å²) in [6.45, 7) is 0. The maximum Gasteiger partial charge on any atom is 0.164 e. The molecule has 51 heavy (non-hydrogen) atoms. The van der Waals surface area contributed by atoms with E-state index in [0.717, 1.165) is 77.0 Å². The Balaban J connectivity index is 1.24. The van der Waals surface area contributed by atoms with Crippen LogP contribution < -0.4 is 0 Å². The molecule has 0 spiro atoms. The van der Waals surface area contributed by atoms with E-state index in [1.807, 2.05) is 12.1 Å². The monoisotopic (exact) mass is 651 g/mol. The Bertz CT molecular complexity index is 2910. The molecule has 0 aliphatic rings. The van der Waals surface area contributed by atoms with Crippen molar-refractivity contribution < 1.29 is 4.42 Å². The number of fused-ring (bicyclic) bond motifs is 6. The fraction of sp³-hybridized carbons (Fsp3) is 0.